The number of carbonyl (C=O) groups is 1. The van der Waals surface area contributed by atoms with Crippen LogP contribution in [0.5, 0.6) is 5.88 Å². The van der Waals surface area contributed by atoms with E-state index in [1.165, 1.54) is 30.3 Å². The van der Waals surface area contributed by atoms with Gasteiger partial charge in [0.1, 0.15) is 29.9 Å². The third-order valence-corrected chi connectivity index (χ3v) is 7.37. The number of benzene rings is 3. The number of nitrogens with zero attached hydrogens (tertiary/aromatic N) is 4. The molecule has 3 aromatic carbocycles. The fourth-order valence-corrected chi connectivity index (χ4v) is 4.92. The van der Waals surface area contributed by atoms with Crippen LogP contribution in [0.3, 0.4) is 0 Å². The minimum Gasteiger partial charge on any atom is -0.478 e. The molecular formula is C32H22F4N4O4. The number of nitriles is 1. The molecule has 0 aliphatic carbocycles. The third-order valence-electron chi connectivity index (χ3n) is 7.37. The summed E-state index contributed by atoms with van der Waals surface area (Å²) in [5.74, 6) is -4.45. The van der Waals surface area contributed by atoms with Gasteiger partial charge in [-0.1, -0.05) is 6.07 Å². The number of imidazole rings is 1. The van der Waals surface area contributed by atoms with E-state index in [1.807, 2.05) is 6.07 Å². The predicted octanol–water partition coefficient (Wildman–Crippen LogP) is 6.18. The number of pyridine rings is 1. The Morgan fingerprint density at radius 2 is 1.77 bits per heavy atom. The van der Waals surface area contributed by atoms with Crippen LogP contribution >= 0.6 is 0 Å². The van der Waals surface area contributed by atoms with E-state index in [-0.39, 0.29) is 46.0 Å². The van der Waals surface area contributed by atoms with Crippen LogP contribution in [-0.4, -0.2) is 38.3 Å². The second kappa shape index (κ2) is 11.8. The molecule has 6 rings (SSSR count). The number of rotatable bonds is 9. The number of aromatic carboxylic acids is 1. The molecule has 12 heteroatoms. The number of carboxylic acids is 1. The molecule has 8 nitrogen and oxygen atoms in total. The van der Waals surface area contributed by atoms with Gasteiger partial charge in [-0.25, -0.2) is 32.3 Å². The molecule has 0 bridgehead atoms. The molecule has 1 N–H and O–H groups in total. The van der Waals surface area contributed by atoms with Crippen LogP contribution < -0.4 is 4.74 Å². The second-order valence-corrected chi connectivity index (χ2v) is 10.2. The van der Waals surface area contributed by atoms with Gasteiger partial charge >= 0.3 is 5.97 Å². The molecule has 0 radical (unpaired) electrons. The van der Waals surface area contributed by atoms with E-state index in [2.05, 4.69) is 9.97 Å². The number of fused-ring (bicyclic) bond motifs is 1. The predicted molar refractivity (Wildman–Crippen MR) is 149 cm³/mol. The fourth-order valence-electron chi connectivity index (χ4n) is 4.92. The van der Waals surface area contributed by atoms with Crippen molar-refractivity contribution in [1.82, 2.24) is 14.5 Å². The van der Waals surface area contributed by atoms with E-state index in [4.69, 9.17) is 14.7 Å². The van der Waals surface area contributed by atoms with Crippen molar-refractivity contribution in [3.05, 3.63) is 112 Å². The number of carboxylic acid groups (broad SMARTS) is 1. The van der Waals surface area contributed by atoms with Crippen molar-refractivity contribution in [2.75, 3.05) is 6.61 Å². The summed E-state index contributed by atoms with van der Waals surface area (Å²) in [6.45, 7) is 0.554. The van der Waals surface area contributed by atoms with Crippen LogP contribution in [0.4, 0.5) is 17.6 Å². The maximum Gasteiger partial charge on any atom is 0.335 e. The molecule has 0 amide bonds. The minimum absolute atomic E-state index is 0.00864. The number of halogens is 4. The summed E-state index contributed by atoms with van der Waals surface area (Å²) >= 11 is 0. The van der Waals surface area contributed by atoms with E-state index >= 15 is 8.78 Å². The number of ether oxygens (including phenoxy) is 2. The first-order chi connectivity index (χ1) is 21.2. The van der Waals surface area contributed by atoms with E-state index in [0.717, 1.165) is 30.7 Å². The highest BCUT2D eigenvalue weighted by Crippen LogP contribution is 2.30. The first-order valence-electron chi connectivity index (χ1n) is 13.5. The molecule has 0 unspecified atom stereocenters. The normalized spacial score (nSPS) is 14.3. The standard InChI is InChI=1S/C32H22F4N4O4/c33-23-4-6-27(39-31(23)44-16-19-2-1-17(14-37)9-24(19)34)22-13-25(35)20(10-26(22)36)12-30-38-28-5-3-18(32(41)42)11-29(28)40(30)15-21-7-8-43-21/h1-6,9-11,13,21H,7-8,12,15-16H2,(H,41,42)/t21-/m0/s1. The van der Waals surface area contributed by atoms with Crippen molar-refractivity contribution < 1.29 is 36.9 Å². The van der Waals surface area contributed by atoms with Gasteiger partial charge in [-0.05, 0) is 66.6 Å². The lowest BCUT2D eigenvalue weighted by molar-refractivity contribution is -0.0589. The van der Waals surface area contributed by atoms with Crippen LogP contribution in [-0.2, 0) is 24.3 Å². The molecule has 0 saturated carbocycles. The Hall–Kier alpha value is -5.28. The van der Waals surface area contributed by atoms with Gasteiger partial charge < -0.3 is 19.1 Å². The molecule has 5 aromatic rings. The van der Waals surface area contributed by atoms with Crippen LogP contribution in [0, 0.1) is 34.6 Å². The SMILES string of the molecule is N#Cc1ccc(COc2nc(-c3cc(F)c(Cc4nc5ccc(C(=O)O)cc5n4C[C@@H]4CCO4)cc3F)ccc2F)c(F)c1. The van der Waals surface area contributed by atoms with E-state index in [1.54, 1.807) is 10.6 Å². The van der Waals surface area contributed by atoms with Crippen molar-refractivity contribution in [1.29, 1.82) is 5.26 Å². The lowest BCUT2D eigenvalue weighted by Crippen LogP contribution is -2.31. The quantitative estimate of drug-likeness (QED) is 0.201. The van der Waals surface area contributed by atoms with E-state index in [0.29, 0.717) is 30.0 Å². The van der Waals surface area contributed by atoms with Gasteiger partial charge in [0.15, 0.2) is 5.82 Å². The van der Waals surface area contributed by atoms with Crippen LogP contribution in [0.15, 0.2) is 60.7 Å². The summed E-state index contributed by atoms with van der Waals surface area (Å²) in [5.41, 5.74) is 0.900. The van der Waals surface area contributed by atoms with E-state index < -0.39 is 41.7 Å². The molecule has 0 spiro atoms. The van der Waals surface area contributed by atoms with Crippen molar-refractivity contribution in [2.24, 2.45) is 0 Å². The van der Waals surface area contributed by atoms with Crippen molar-refractivity contribution >= 4 is 17.0 Å². The van der Waals surface area contributed by atoms with Gasteiger partial charge in [0.25, 0.3) is 5.88 Å². The highest BCUT2D eigenvalue weighted by Gasteiger charge is 2.24. The summed E-state index contributed by atoms with van der Waals surface area (Å²) in [6, 6.07) is 14.1. The van der Waals surface area contributed by atoms with Gasteiger partial charge in [-0.2, -0.15) is 5.26 Å². The molecule has 3 heterocycles. The van der Waals surface area contributed by atoms with Crippen LogP contribution in [0.25, 0.3) is 22.3 Å². The lowest BCUT2D eigenvalue weighted by Gasteiger charge is -2.27. The highest BCUT2D eigenvalue weighted by molar-refractivity contribution is 5.92. The number of hydrogen-bond donors (Lipinski definition) is 1. The first-order valence-corrected chi connectivity index (χ1v) is 13.5. The zero-order chi connectivity index (χ0) is 31.0. The van der Waals surface area contributed by atoms with Gasteiger partial charge in [-0.3, -0.25) is 0 Å². The molecule has 1 aliphatic rings. The van der Waals surface area contributed by atoms with Gasteiger partial charge in [0, 0.05) is 24.2 Å². The Kier molecular flexibility index (Phi) is 7.71. The Morgan fingerprint density at radius 1 is 0.977 bits per heavy atom. The fraction of sp³-hybridized carbons (Fsp3) is 0.188. The average Bonchev–Trinajstić information content (AvgIpc) is 3.32. The van der Waals surface area contributed by atoms with E-state index in [9.17, 15) is 18.7 Å². The van der Waals surface area contributed by atoms with Crippen molar-refractivity contribution in [2.45, 2.75) is 32.1 Å². The molecule has 1 fully saturated rings. The maximum absolute atomic E-state index is 15.5. The maximum atomic E-state index is 15.5. The monoisotopic (exact) mass is 602 g/mol. The molecule has 1 aliphatic heterocycles. The topological polar surface area (TPSA) is 110 Å². The molecule has 1 saturated heterocycles. The zero-order valence-corrected chi connectivity index (χ0v) is 22.9. The summed E-state index contributed by atoms with van der Waals surface area (Å²) < 4.78 is 72.2. The second-order valence-electron chi connectivity index (χ2n) is 10.2. The van der Waals surface area contributed by atoms with Crippen LogP contribution in [0.1, 0.15) is 39.3 Å². The molecule has 44 heavy (non-hydrogen) atoms. The van der Waals surface area contributed by atoms with Crippen molar-refractivity contribution in [3.63, 3.8) is 0 Å². The van der Waals surface area contributed by atoms with Gasteiger partial charge in [-0.15, -0.1) is 0 Å². The summed E-state index contributed by atoms with van der Waals surface area (Å²) in [7, 11) is 0. The van der Waals surface area contributed by atoms with Crippen molar-refractivity contribution in [3.8, 4) is 23.2 Å². The zero-order valence-electron chi connectivity index (χ0n) is 22.9. The Morgan fingerprint density at radius 3 is 2.48 bits per heavy atom. The smallest absolute Gasteiger partial charge is 0.335 e. The van der Waals surface area contributed by atoms with Crippen LogP contribution in [0.2, 0.25) is 0 Å². The molecular weight excluding hydrogens is 580 g/mol. The first kappa shape index (κ1) is 28.8. The number of hydrogen-bond acceptors (Lipinski definition) is 6. The lowest BCUT2D eigenvalue weighted by atomic mass is 10.0. The average molecular weight is 603 g/mol. The Labute approximate surface area is 247 Å². The summed E-state index contributed by atoms with van der Waals surface area (Å²) in [6.07, 6.45) is 0.584. The Bertz CT molecular complexity index is 1970. The summed E-state index contributed by atoms with van der Waals surface area (Å²) in [5, 5.41) is 18.3. The molecule has 1 atom stereocenters. The third kappa shape index (κ3) is 5.69. The molecule has 222 valence electrons. The number of aromatic nitrogens is 3. The largest absolute Gasteiger partial charge is 0.478 e. The van der Waals surface area contributed by atoms with Gasteiger partial charge in [0.2, 0.25) is 0 Å². The highest BCUT2D eigenvalue weighted by atomic mass is 19.1. The minimum atomic E-state index is -1.10. The summed E-state index contributed by atoms with van der Waals surface area (Å²) in [4.78, 5) is 20.1. The Balaban J connectivity index is 1.28. The molecule has 2 aromatic heterocycles. The van der Waals surface area contributed by atoms with Gasteiger partial charge in [0.05, 0.1) is 46.6 Å².